The Labute approximate surface area is 135 Å². The van der Waals surface area contributed by atoms with Crippen molar-refractivity contribution in [1.82, 2.24) is 9.97 Å². The second kappa shape index (κ2) is 6.66. The van der Waals surface area contributed by atoms with Crippen LogP contribution < -0.4 is 16.0 Å². The van der Waals surface area contributed by atoms with Crippen molar-refractivity contribution in [3.8, 4) is 0 Å². The Morgan fingerprint density at radius 2 is 2.05 bits per heavy atom. The van der Waals surface area contributed by atoms with E-state index in [1.54, 1.807) is 32.4 Å². The van der Waals surface area contributed by atoms with Crippen molar-refractivity contribution >= 4 is 51.7 Å². The summed E-state index contributed by atoms with van der Waals surface area (Å²) in [5, 5.41) is 16.0. The topological polar surface area (TPSA) is 85.7 Å². The number of hydrogen-bond acceptors (Lipinski definition) is 6. The lowest BCUT2D eigenvalue weighted by molar-refractivity contribution is 0.798. The smallest absolute Gasteiger partial charge is 0.229 e. The summed E-state index contributed by atoms with van der Waals surface area (Å²) >= 11 is 2.14. The van der Waals surface area contributed by atoms with Gasteiger partial charge in [0.05, 0.1) is 9.13 Å². The van der Waals surface area contributed by atoms with Crippen LogP contribution in [0.3, 0.4) is 0 Å². The van der Waals surface area contributed by atoms with Gasteiger partial charge in [-0.3, -0.25) is 5.41 Å². The molecule has 6 nitrogen and oxygen atoms in total. The number of halogens is 2. The third kappa shape index (κ3) is 3.57. The van der Waals surface area contributed by atoms with E-state index in [0.717, 1.165) is 9.39 Å². The number of aromatic nitrogens is 2. The molecule has 0 fully saturated rings. The van der Waals surface area contributed by atoms with E-state index < -0.39 is 5.97 Å². The molecule has 2 aromatic rings. The maximum Gasteiger partial charge on any atom is 0.229 e. The Hall–Kier alpha value is -1.97. The summed E-state index contributed by atoms with van der Waals surface area (Å²) in [5.41, 5.74) is 1.43. The van der Waals surface area contributed by atoms with Crippen molar-refractivity contribution < 1.29 is 4.39 Å². The number of hydrogen-bond donors (Lipinski definition) is 4. The van der Waals surface area contributed by atoms with Gasteiger partial charge in [0.2, 0.25) is 11.9 Å². The maximum atomic E-state index is 13.1. The predicted octanol–water partition coefficient (Wildman–Crippen LogP) is 3.20. The van der Waals surface area contributed by atoms with Crippen LogP contribution in [-0.4, -0.2) is 30.0 Å². The molecule has 4 N–H and O–H groups in total. The highest BCUT2D eigenvalue weighted by Gasteiger charge is 2.09. The third-order valence-electron chi connectivity index (χ3n) is 2.76. The van der Waals surface area contributed by atoms with Crippen LogP contribution in [0, 0.1) is 8.98 Å². The first-order valence-electron chi connectivity index (χ1n) is 6.08. The minimum absolute atomic E-state index is 0.211. The summed E-state index contributed by atoms with van der Waals surface area (Å²) < 4.78 is 14.0. The number of rotatable bonds is 5. The molecular weight excluding hydrogens is 386 g/mol. The number of anilines is 4. The zero-order valence-corrected chi connectivity index (χ0v) is 13.6. The molecule has 0 bridgehead atoms. The normalized spacial score (nSPS) is 10.1. The van der Waals surface area contributed by atoms with E-state index in [0.29, 0.717) is 17.3 Å². The summed E-state index contributed by atoms with van der Waals surface area (Å²) in [7, 11) is 3.46. The maximum absolute atomic E-state index is 13.1. The summed E-state index contributed by atoms with van der Waals surface area (Å²) in [6.45, 7) is 0. The van der Waals surface area contributed by atoms with Gasteiger partial charge in [0.1, 0.15) is 5.82 Å². The van der Waals surface area contributed by atoms with Crippen LogP contribution in [0.25, 0.3) is 0 Å². The third-order valence-corrected chi connectivity index (χ3v) is 3.55. The Balaban J connectivity index is 2.29. The zero-order chi connectivity index (χ0) is 15.4. The van der Waals surface area contributed by atoms with Gasteiger partial charge in [0.25, 0.3) is 0 Å². The molecule has 0 aliphatic heterocycles. The van der Waals surface area contributed by atoms with E-state index in [1.165, 1.54) is 6.07 Å². The molecule has 0 atom stereocenters. The van der Waals surface area contributed by atoms with Crippen LogP contribution >= 0.6 is 22.6 Å². The molecular formula is C13H14FIN6. The summed E-state index contributed by atoms with van der Waals surface area (Å²) in [6.07, 6.45) is 1.70. The molecule has 1 aromatic heterocycles. The van der Waals surface area contributed by atoms with Crippen LogP contribution in [-0.2, 0) is 0 Å². The molecule has 0 saturated carbocycles. The fourth-order valence-electron chi connectivity index (χ4n) is 1.75. The van der Waals surface area contributed by atoms with Crippen LogP contribution in [0.2, 0.25) is 0 Å². The van der Waals surface area contributed by atoms with Gasteiger partial charge in [-0.05, 0) is 40.8 Å². The van der Waals surface area contributed by atoms with Gasteiger partial charge in [0, 0.05) is 31.7 Å². The lowest BCUT2D eigenvalue weighted by Crippen LogP contribution is -2.04. The molecule has 0 amide bonds. The number of benzene rings is 1. The first-order chi connectivity index (χ1) is 10.0. The Kier molecular flexibility index (Phi) is 4.89. The van der Waals surface area contributed by atoms with Gasteiger partial charge in [-0.2, -0.15) is 9.37 Å². The molecule has 0 unspecified atom stereocenters. The molecule has 0 spiro atoms. The lowest BCUT2D eigenvalue weighted by atomic mass is 10.1. The number of nitrogens with zero attached hydrogens (tertiary/aromatic N) is 2. The zero-order valence-electron chi connectivity index (χ0n) is 11.5. The summed E-state index contributed by atoms with van der Waals surface area (Å²) in [5.74, 6) is 0.183. The van der Waals surface area contributed by atoms with Crippen molar-refractivity contribution in [2.24, 2.45) is 0 Å². The molecule has 0 radical (unpaired) electrons. The second-order valence-electron chi connectivity index (χ2n) is 4.09. The van der Waals surface area contributed by atoms with Crippen LogP contribution in [0.4, 0.5) is 27.5 Å². The van der Waals surface area contributed by atoms with E-state index in [4.69, 9.17) is 5.41 Å². The fraction of sp³-hybridized carbons (Fsp3) is 0.154. The SMILES string of the molecule is CNc1cc(Nc2ncc(I)c(NC)n2)ccc1C(=N)F. The van der Waals surface area contributed by atoms with E-state index >= 15 is 0 Å². The summed E-state index contributed by atoms with van der Waals surface area (Å²) in [6, 6.07) is 4.90. The Morgan fingerprint density at radius 1 is 1.29 bits per heavy atom. The van der Waals surface area contributed by atoms with Crippen LogP contribution in [0.15, 0.2) is 24.4 Å². The first kappa shape index (κ1) is 15.4. The quantitative estimate of drug-likeness (QED) is 0.458. The van der Waals surface area contributed by atoms with Crippen molar-refractivity contribution in [2.45, 2.75) is 0 Å². The largest absolute Gasteiger partial charge is 0.387 e. The minimum atomic E-state index is -0.978. The highest BCUT2D eigenvalue weighted by molar-refractivity contribution is 14.1. The van der Waals surface area contributed by atoms with Crippen molar-refractivity contribution in [3.05, 3.63) is 33.5 Å². The predicted molar refractivity (Wildman–Crippen MR) is 91.5 cm³/mol. The standard InChI is InChI=1S/C13H14FIN6/c1-17-10-5-7(3-4-8(10)11(14)16)20-13-19-6-9(15)12(18-2)21-13/h3-6,16-17H,1-2H3,(H2,18,19,20,21). The summed E-state index contributed by atoms with van der Waals surface area (Å²) in [4.78, 5) is 8.51. The first-order valence-corrected chi connectivity index (χ1v) is 7.16. The molecule has 2 rings (SSSR count). The average molecular weight is 400 g/mol. The van der Waals surface area contributed by atoms with Crippen molar-refractivity contribution in [2.75, 3.05) is 30.0 Å². The van der Waals surface area contributed by atoms with Crippen molar-refractivity contribution in [1.29, 1.82) is 5.41 Å². The molecule has 8 heteroatoms. The van der Waals surface area contributed by atoms with E-state index in [2.05, 4.69) is 48.5 Å². The molecule has 110 valence electrons. The van der Waals surface area contributed by atoms with E-state index in [1.807, 2.05) is 0 Å². The number of nitrogens with one attached hydrogen (secondary N) is 4. The van der Waals surface area contributed by atoms with Crippen molar-refractivity contribution in [3.63, 3.8) is 0 Å². The molecule has 1 aromatic carbocycles. The Bertz CT molecular complexity index is 676. The van der Waals surface area contributed by atoms with Gasteiger partial charge in [-0.15, -0.1) is 0 Å². The molecule has 0 aliphatic carbocycles. The van der Waals surface area contributed by atoms with E-state index in [9.17, 15) is 4.39 Å². The van der Waals surface area contributed by atoms with E-state index in [-0.39, 0.29) is 5.56 Å². The molecule has 0 saturated heterocycles. The highest BCUT2D eigenvalue weighted by Crippen LogP contribution is 2.24. The molecule has 1 heterocycles. The fourth-order valence-corrected chi connectivity index (χ4v) is 2.28. The van der Waals surface area contributed by atoms with Gasteiger partial charge < -0.3 is 16.0 Å². The Morgan fingerprint density at radius 3 is 2.67 bits per heavy atom. The monoisotopic (exact) mass is 400 g/mol. The minimum Gasteiger partial charge on any atom is -0.387 e. The van der Waals surface area contributed by atoms with Crippen LogP contribution in [0.1, 0.15) is 5.56 Å². The van der Waals surface area contributed by atoms with Gasteiger partial charge >= 0.3 is 0 Å². The lowest BCUT2D eigenvalue weighted by Gasteiger charge is -2.11. The highest BCUT2D eigenvalue weighted by atomic mass is 127. The molecule has 21 heavy (non-hydrogen) atoms. The molecule has 0 aliphatic rings. The van der Waals surface area contributed by atoms with Gasteiger partial charge in [0.15, 0.2) is 0 Å². The van der Waals surface area contributed by atoms with Crippen LogP contribution in [0.5, 0.6) is 0 Å². The second-order valence-corrected chi connectivity index (χ2v) is 5.25. The average Bonchev–Trinajstić information content (AvgIpc) is 2.48. The van der Waals surface area contributed by atoms with Gasteiger partial charge in [-0.1, -0.05) is 0 Å². The van der Waals surface area contributed by atoms with Gasteiger partial charge in [-0.25, -0.2) is 4.98 Å².